The Kier molecular flexibility index (Phi) is 5.19. The Hall–Kier alpha value is -2.69. The summed E-state index contributed by atoms with van der Waals surface area (Å²) in [6.07, 6.45) is 0. The average Bonchev–Trinajstić information content (AvgIpc) is 3.28. The standard InChI is InChI=1S/C21H16Cl2N4/c22-12-14-1-5-16(6-2-14)18-9-10-19(17-7-3-15(13-23)4-8-17)20(11-18)21-24-26-27-25-21/h1-11H,12-13H2,(H,24,25,26,27). The minimum atomic E-state index is 0.495. The van der Waals surface area contributed by atoms with E-state index in [9.17, 15) is 0 Å². The summed E-state index contributed by atoms with van der Waals surface area (Å²) in [5.41, 5.74) is 7.40. The van der Waals surface area contributed by atoms with E-state index in [0.29, 0.717) is 17.6 Å². The van der Waals surface area contributed by atoms with Gasteiger partial charge in [0.15, 0.2) is 0 Å². The summed E-state index contributed by atoms with van der Waals surface area (Å²) in [5.74, 6) is 1.56. The maximum atomic E-state index is 5.91. The first-order chi connectivity index (χ1) is 13.3. The quantitative estimate of drug-likeness (QED) is 0.443. The van der Waals surface area contributed by atoms with Gasteiger partial charge in [-0.25, -0.2) is 0 Å². The molecule has 1 N–H and O–H groups in total. The van der Waals surface area contributed by atoms with Crippen molar-refractivity contribution in [3.05, 3.63) is 77.9 Å². The van der Waals surface area contributed by atoms with Gasteiger partial charge in [0.1, 0.15) is 0 Å². The monoisotopic (exact) mass is 394 g/mol. The number of aromatic nitrogens is 4. The van der Waals surface area contributed by atoms with Crippen molar-refractivity contribution in [3.63, 3.8) is 0 Å². The van der Waals surface area contributed by atoms with Gasteiger partial charge in [0.25, 0.3) is 0 Å². The van der Waals surface area contributed by atoms with Gasteiger partial charge in [-0.1, -0.05) is 60.7 Å². The SMILES string of the molecule is ClCc1ccc(-c2ccc(-c3ccc(CCl)cc3)c(-c3nn[nH]n3)c2)cc1. The molecule has 4 rings (SSSR count). The summed E-state index contributed by atoms with van der Waals surface area (Å²) < 4.78 is 0. The Morgan fingerprint density at radius 2 is 1.26 bits per heavy atom. The molecule has 6 heteroatoms. The maximum absolute atomic E-state index is 5.91. The highest BCUT2D eigenvalue weighted by molar-refractivity contribution is 6.17. The number of nitrogens with zero attached hydrogens (tertiary/aromatic N) is 3. The molecule has 0 aliphatic carbocycles. The molecule has 0 spiro atoms. The molecule has 0 saturated heterocycles. The Morgan fingerprint density at radius 3 is 1.81 bits per heavy atom. The molecule has 1 heterocycles. The van der Waals surface area contributed by atoms with Crippen LogP contribution >= 0.6 is 23.2 Å². The molecule has 0 bridgehead atoms. The Morgan fingerprint density at radius 1 is 0.667 bits per heavy atom. The van der Waals surface area contributed by atoms with Crippen molar-refractivity contribution in [2.24, 2.45) is 0 Å². The summed E-state index contributed by atoms with van der Waals surface area (Å²) in [4.78, 5) is 0. The minimum Gasteiger partial charge on any atom is -0.177 e. The molecule has 3 aromatic carbocycles. The van der Waals surface area contributed by atoms with Gasteiger partial charge < -0.3 is 0 Å². The number of H-pyrrole nitrogens is 1. The van der Waals surface area contributed by atoms with Crippen molar-refractivity contribution in [1.82, 2.24) is 20.6 Å². The molecule has 0 aliphatic rings. The first-order valence-electron chi connectivity index (χ1n) is 8.47. The molecule has 0 amide bonds. The zero-order valence-corrected chi connectivity index (χ0v) is 15.9. The van der Waals surface area contributed by atoms with Crippen molar-refractivity contribution in [1.29, 1.82) is 0 Å². The lowest BCUT2D eigenvalue weighted by Crippen LogP contribution is -1.90. The molecule has 134 valence electrons. The zero-order valence-electron chi connectivity index (χ0n) is 14.4. The molecule has 4 nitrogen and oxygen atoms in total. The number of nitrogens with one attached hydrogen (secondary N) is 1. The van der Waals surface area contributed by atoms with Crippen LogP contribution < -0.4 is 0 Å². The smallest absolute Gasteiger partial charge is 0.177 e. The third-order valence-corrected chi connectivity index (χ3v) is 5.08. The third-order valence-electron chi connectivity index (χ3n) is 4.47. The lowest BCUT2D eigenvalue weighted by molar-refractivity contribution is 0.881. The first-order valence-corrected chi connectivity index (χ1v) is 9.54. The van der Waals surface area contributed by atoms with Crippen LogP contribution in [0.25, 0.3) is 33.6 Å². The van der Waals surface area contributed by atoms with E-state index in [1.54, 1.807) is 0 Å². The fourth-order valence-corrected chi connectivity index (χ4v) is 3.35. The summed E-state index contributed by atoms with van der Waals surface area (Å²) >= 11 is 11.8. The topological polar surface area (TPSA) is 54.5 Å². The third kappa shape index (κ3) is 3.72. The number of tetrazole rings is 1. The lowest BCUT2D eigenvalue weighted by atomic mass is 9.94. The predicted octanol–water partition coefficient (Wildman–Crippen LogP) is 5.68. The molecule has 0 radical (unpaired) electrons. The second kappa shape index (κ2) is 7.91. The molecule has 0 saturated carbocycles. The number of rotatable bonds is 5. The fraction of sp³-hybridized carbons (Fsp3) is 0.0952. The number of benzene rings is 3. The summed E-state index contributed by atoms with van der Waals surface area (Å²) in [6.45, 7) is 0. The molecule has 27 heavy (non-hydrogen) atoms. The number of aromatic amines is 1. The van der Waals surface area contributed by atoms with Crippen LogP contribution in [-0.4, -0.2) is 20.6 Å². The lowest BCUT2D eigenvalue weighted by Gasteiger charge is -2.11. The van der Waals surface area contributed by atoms with Crippen molar-refractivity contribution in [3.8, 4) is 33.6 Å². The average molecular weight is 395 g/mol. The van der Waals surface area contributed by atoms with Crippen molar-refractivity contribution >= 4 is 23.2 Å². The molecular formula is C21H16Cl2N4. The molecule has 4 aromatic rings. The normalized spacial score (nSPS) is 10.9. The zero-order chi connectivity index (χ0) is 18.6. The van der Waals surface area contributed by atoms with E-state index >= 15 is 0 Å². The predicted molar refractivity (Wildman–Crippen MR) is 110 cm³/mol. The second-order valence-corrected chi connectivity index (χ2v) is 6.69. The number of hydrogen-bond acceptors (Lipinski definition) is 3. The first kappa shape index (κ1) is 17.7. The Labute approximate surface area is 167 Å². The van der Waals surface area contributed by atoms with Gasteiger partial charge in [-0.3, -0.25) is 0 Å². The minimum absolute atomic E-state index is 0.495. The fourth-order valence-electron chi connectivity index (χ4n) is 3.00. The molecule has 0 fully saturated rings. The van der Waals surface area contributed by atoms with Crippen LogP contribution in [0.15, 0.2) is 66.7 Å². The van der Waals surface area contributed by atoms with E-state index in [0.717, 1.165) is 38.9 Å². The number of alkyl halides is 2. The molecular weight excluding hydrogens is 379 g/mol. The number of hydrogen-bond donors (Lipinski definition) is 1. The number of halogens is 2. The van der Waals surface area contributed by atoms with Crippen molar-refractivity contribution in [2.75, 3.05) is 0 Å². The molecule has 0 atom stereocenters. The Bertz CT molecular complexity index is 1030. The van der Waals surface area contributed by atoms with Gasteiger partial charge in [-0.2, -0.15) is 5.21 Å². The van der Waals surface area contributed by atoms with E-state index in [-0.39, 0.29) is 0 Å². The van der Waals surface area contributed by atoms with E-state index in [2.05, 4.69) is 63.1 Å². The van der Waals surface area contributed by atoms with Crippen LogP contribution in [0.2, 0.25) is 0 Å². The Balaban J connectivity index is 1.81. The largest absolute Gasteiger partial charge is 0.205 e. The van der Waals surface area contributed by atoms with Gasteiger partial charge in [-0.15, -0.1) is 33.4 Å². The molecule has 0 unspecified atom stereocenters. The van der Waals surface area contributed by atoms with Gasteiger partial charge in [-0.05, 0) is 44.7 Å². The highest BCUT2D eigenvalue weighted by Crippen LogP contribution is 2.34. The summed E-state index contributed by atoms with van der Waals surface area (Å²) in [5, 5.41) is 14.6. The van der Waals surface area contributed by atoms with Crippen LogP contribution in [-0.2, 0) is 11.8 Å². The van der Waals surface area contributed by atoms with Crippen LogP contribution in [0.1, 0.15) is 11.1 Å². The van der Waals surface area contributed by atoms with Crippen LogP contribution in [0.3, 0.4) is 0 Å². The van der Waals surface area contributed by atoms with E-state index in [1.807, 2.05) is 24.3 Å². The van der Waals surface area contributed by atoms with Gasteiger partial charge in [0.05, 0.1) is 0 Å². The highest BCUT2D eigenvalue weighted by atomic mass is 35.5. The van der Waals surface area contributed by atoms with Crippen LogP contribution in [0, 0.1) is 0 Å². The maximum Gasteiger partial charge on any atom is 0.205 e. The highest BCUT2D eigenvalue weighted by Gasteiger charge is 2.13. The van der Waals surface area contributed by atoms with Gasteiger partial charge >= 0.3 is 0 Å². The van der Waals surface area contributed by atoms with E-state index in [1.165, 1.54) is 0 Å². The summed E-state index contributed by atoms with van der Waals surface area (Å²) in [7, 11) is 0. The molecule has 1 aromatic heterocycles. The van der Waals surface area contributed by atoms with E-state index in [4.69, 9.17) is 23.2 Å². The van der Waals surface area contributed by atoms with Gasteiger partial charge in [0.2, 0.25) is 5.82 Å². The second-order valence-electron chi connectivity index (χ2n) is 6.16. The van der Waals surface area contributed by atoms with Gasteiger partial charge in [0, 0.05) is 17.3 Å². The summed E-state index contributed by atoms with van der Waals surface area (Å²) in [6, 6.07) is 22.7. The van der Waals surface area contributed by atoms with Crippen LogP contribution in [0.4, 0.5) is 0 Å². The van der Waals surface area contributed by atoms with E-state index < -0.39 is 0 Å². The van der Waals surface area contributed by atoms with Crippen LogP contribution in [0.5, 0.6) is 0 Å². The van der Waals surface area contributed by atoms with Crippen molar-refractivity contribution < 1.29 is 0 Å². The van der Waals surface area contributed by atoms with Crippen molar-refractivity contribution in [2.45, 2.75) is 11.8 Å². The molecule has 0 aliphatic heterocycles.